The number of carbonyl (C=O) groups is 1. The normalized spacial score (nSPS) is 11.5. The quantitative estimate of drug-likeness (QED) is 0.648. The van der Waals surface area contributed by atoms with Crippen molar-refractivity contribution in [3.8, 4) is 0 Å². The van der Waals surface area contributed by atoms with Crippen LogP contribution in [0.2, 0.25) is 0 Å². The molecule has 24 heavy (non-hydrogen) atoms. The zero-order valence-electron chi connectivity index (χ0n) is 14.8. The second-order valence-corrected chi connectivity index (χ2v) is 6.89. The van der Waals surface area contributed by atoms with E-state index in [1.165, 1.54) is 5.56 Å². The number of hydrogen-bond acceptors (Lipinski definition) is 3. The molecule has 0 heterocycles. The van der Waals surface area contributed by atoms with Gasteiger partial charge in [-0.15, -0.1) is 0 Å². The maximum atomic E-state index is 11.8. The Morgan fingerprint density at radius 3 is 2.46 bits per heavy atom. The Balaban J connectivity index is 1.81. The lowest BCUT2D eigenvalue weighted by molar-refractivity contribution is -0.119. The number of carbonyl (C=O) groups excluding carboxylic acids is 1. The van der Waals surface area contributed by atoms with Crippen LogP contribution in [0.4, 0.5) is 5.69 Å². The highest BCUT2D eigenvalue weighted by molar-refractivity contribution is 5.84. The van der Waals surface area contributed by atoms with Crippen molar-refractivity contribution in [1.82, 2.24) is 5.43 Å². The molecule has 2 aromatic carbocycles. The molecule has 1 amide bonds. The molecule has 0 spiro atoms. The van der Waals surface area contributed by atoms with Crippen molar-refractivity contribution in [3.63, 3.8) is 0 Å². The van der Waals surface area contributed by atoms with Crippen molar-refractivity contribution >= 4 is 17.8 Å². The van der Waals surface area contributed by atoms with Gasteiger partial charge in [0.2, 0.25) is 0 Å². The highest BCUT2D eigenvalue weighted by atomic mass is 16.2. The minimum absolute atomic E-state index is 0.130. The lowest BCUT2D eigenvalue weighted by Gasteiger charge is -2.18. The fourth-order valence-corrected chi connectivity index (χ4v) is 2.22. The number of aryl methyl sites for hydroxylation is 1. The Morgan fingerprint density at radius 1 is 1.12 bits per heavy atom. The zero-order chi connectivity index (χ0) is 17.6. The van der Waals surface area contributed by atoms with E-state index in [1.807, 2.05) is 43.3 Å². The predicted molar refractivity (Wildman–Crippen MR) is 101 cm³/mol. The molecule has 4 nitrogen and oxygen atoms in total. The van der Waals surface area contributed by atoms with Crippen molar-refractivity contribution < 1.29 is 4.79 Å². The molecule has 0 fully saturated rings. The number of nitrogens with zero attached hydrogens (tertiary/aromatic N) is 1. The van der Waals surface area contributed by atoms with Crippen molar-refractivity contribution in [2.75, 3.05) is 11.9 Å². The average molecular weight is 323 g/mol. The summed E-state index contributed by atoms with van der Waals surface area (Å²) in [5, 5.41) is 7.07. The molecule has 0 unspecified atom stereocenters. The van der Waals surface area contributed by atoms with Gasteiger partial charge in [-0.05, 0) is 41.2 Å². The smallest absolute Gasteiger partial charge is 0.259 e. The summed E-state index contributed by atoms with van der Waals surface area (Å²) in [4.78, 5) is 11.8. The molecule has 0 aliphatic heterocycles. The summed E-state index contributed by atoms with van der Waals surface area (Å²) in [5.74, 6) is -0.181. The summed E-state index contributed by atoms with van der Waals surface area (Å²) in [7, 11) is 0. The van der Waals surface area contributed by atoms with E-state index in [0.29, 0.717) is 0 Å². The molecule has 0 aliphatic rings. The lowest BCUT2D eigenvalue weighted by atomic mass is 9.87. The van der Waals surface area contributed by atoms with Gasteiger partial charge in [-0.3, -0.25) is 4.79 Å². The van der Waals surface area contributed by atoms with Crippen LogP contribution in [-0.4, -0.2) is 18.7 Å². The number of hydrazone groups is 1. The molecule has 0 aromatic heterocycles. The molecule has 126 valence electrons. The summed E-state index contributed by atoms with van der Waals surface area (Å²) in [6.45, 7) is 8.73. The first-order chi connectivity index (χ1) is 11.3. The first-order valence-electron chi connectivity index (χ1n) is 8.07. The van der Waals surface area contributed by atoms with Gasteiger partial charge < -0.3 is 5.32 Å². The molecule has 0 aliphatic carbocycles. The minimum Gasteiger partial charge on any atom is -0.376 e. The van der Waals surface area contributed by atoms with E-state index in [-0.39, 0.29) is 17.9 Å². The average Bonchev–Trinajstić information content (AvgIpc) is 2.53. The Bertz CT molecular complexity index is 712. The first kappa shape index (κ1) is 17.7. The molecule has 2 aromatic rings. The van der Waals surface area contributed by atoms with Gasteiger partial charge in [-0.2, -0.15) is 5.10 Å². The highest BCUT2D eigenvalue weighted by Crippen LogP contribution is 2.21. The van der Waals surface area contributed by atoms with Gasteiger partial charge in [-0.25, -0.2) is 5.43 Å². The third kappa shape index (κ3) is 5.54. The molecule has 4 heteroatoms. The molecule has 0 atom stereocenters. The van der Waals surface area contributed by atoms with Gasteiger partial charge in [0.1, 0.15) is 0 Å². The number of benzene rings is 2. The number of amides is 1. The predicted octanol–water partition coefficient (Wildman–Crippen LogP) is 3.85. The maximum Gasteiger partial charge on any atom is 0.259 e. The van der Waals surface area contributed by atoms with Crippen LogP contribution in [-0.2, 0) is 10.2 Å². The third-order valence-corrected chi connectivity index (χ3v) is 3.65. The summed E-state index contributed by atoms with van der Waals surface area (Å²) in [6.07, 6.45) is 1.65. The van der Waals surface area contributed by atoms with Gasteiger partial charge in [0.15, 0.2) is 0 Å². The van der Waals surface area contributed by atoms with Crippen molar-refractivity contribution in [3.05, 3.63) is 65.2 Å². The third-order valence-electron chi connectivity index (χ3n) is 3.65. The Labute approximate surface area is 144 Å². The largest absolute Gasteiger partial charge is 0.376 e. The van der Waals surface area contributed by atoms with Gasteiger partial charge >= 0.3 is 0 Å². The number of rotatable bonds is 5. The highest BCUT2D eigenvalue weighted by Gasteiger charge is 2.12. The number of nitrogens with one attached hydrogen (secondary N) is 2. The van der Waals surface area contributed by atoms with E-state index < -0.39 is 0 Å². The molecular formula is C20H25N3O. The van der Waals surface area contributed by atoms with Crippen molar-refractivity contribution in [2.24, 2.45) is 5.10 Å². The van der Waals surface area contributed by atoms with E-state index in [9.17, 15) is 4.79 Å². The lowest BCUT2D eigenvalue weighted by Crippen LogP contribution is -2.25. The number of anilines is 1. The van der Waals surface area contributed by atoms with E-state index in [4.69, 9.17) is 0 Å². The second-order valence-electron chi connectivity index (χ2n) is 6.89. The second kappa shape index (κ2) is 7.77. The fourth-order valence-electron chi connectivity index (χ4n) is 2.22. The SMILES string of the molecule is Cc1cccc(NCC(=O)N/N=C/c2ccc(C(C)(C)C)cc2)c1. The van der Waals surface area contributed by atoms with Gasteiger partial charge in [0.25, 0.3) is 5.91 Å². The molecule has 0 radical (unpaired) electrons. The molecule has 0 saturated heterocycles. The molecular weight excluding hydrogens is 298 g/mol. The van der Waals surface area contributed by atoms with Crippen molar-refractivity contribution in [1.29, 1.82) is 0 Å². The Morgan fingerprint density at radius 2 is 1.83 bits per heavy atom. The van der Waals surface area contributed by atoms with Crippen LogP contribution >= 0.6 is 0 Å². The van der Waals surface area contributed by atoms with Crippen LogP contribution in [0.15, 0.2) is 53.6 Å². The standard InChI is InChI=1S/C20H25N3O/c1-15-6-5-7-18(12-15)21-14-19(24)23-22-13-16-8-10-17(11-9-16)20(2,3)4/h5-13,21H,14H2,1-4H3,(H,23,24)/b22-13+. The van der Waals surface area contributed by atoms with E-state index >= 15 is 0 Å². The molecule has 0 saturated carbocycles. The minimum atomic E-state index is -0.181. The van der Waals surface area contributed by atoms with E-state index in [2.05, 4.69) is 48.7 Å². The van der Waals surface area contributed by atoms with Crippen LogP contribution in [0, 0.1) is 6.92 Å². The van der Waals surface area contributed by atoms with Gasteiger partial charge in [0, 0.05) is 5.69 Å². The van der Waals surface area contributed by atoms with Gasteiger partial charge in [-0.1, -0.05) is 57.2 Å². The molecule has 2 rings (SSSR count). The summed E-state index contributed by atoms with van der Waals surface area (Å²) in [5.41, 5.74) is 6.96. The maximum absolute atomic E-state index is 11.8. The summed E-state index contributed by atoms with van der Waals surface area (Å²) >= 11 is 0. The Kier molecular flexibility index (Phi) is 5.74. The molecule has 0 bridgehead atoms. The molecule has 2 N–H and O–H groups in total. The summed E-state index contributed by atoms with van der Waals surface area (Å²) in [6, 6.07) is 16.1. The Hall–Kier alpha value is -2.62. The fraction of sp³-hybridized carbons (Fsp3) is 0.300. The first-order valence-corrected chi connectivity index (χ1v) is 8.07. The summed E-state index contributed by atoms with van der Waals surface area (Å²) < 4.78 is 0. The van der Waals surface area contributed by atoms with Crippen molar-refractivity contribution in [2.45, 2.75) is 33.1 Å². The van der Waals surface area contributed by atoms with Crippen LogP contribution in [0.3, 0.4) is 0 Å². The topological polar surface area (TPSA) is 53.5 Å². The zero-order valence-corrected chi connectivity index (χ0v) is 14.8. The van der Waals surface area contributed by atoms with Crippen LogP contribution in [0.5, 0.6) is 0 Å². The van der Waals surface area contributed by atoms with Crippen LogP contribution < -0.4 is 10.7 Å². The monoisotopic (exact) mass is 323 g/mol. The van der Waals surface area contributed by atoms with Crippen LogP contribution in [0.1, 0.15) is 37.5 Å². The van der Waals surface area contributed by atoms with Gasteiger partial charge in [0.05, 0.1) is 12.8 Å². The number of hydrogen-bond donors (Lipinski definition) is 2. The van der Waals surface area contributed by atoms with E-state index in [0.717, 1.165) is 16.8 Å². The van der Waals surface area contributed by atoms with Crippen LogP contribution in [0.25, 0.3) is 0 Å². The van der Waals surface area contributed by atoms with E-state index in [1.54, 1.807) is 6.21 Å².